The lowest BCUT2D eigenvalue weighted by Crippen LogP contribution is -2.23. The number of ether oxygens (including phenoxy) is 1. The molecule has 8 nitrogen and oxygen atoms in total. The molecule has 10 heteroatoms. The van der Waals surface area contributed by atoms with Gasteiger partial charge in [0.2, 0.25) is 5.78 Å². The Morgan fingerprint density at radius 1 is 1.36 bits per heavy atom. The Bertz CT molecular complexity index is 702. The number of ketones is 1. The minimum Gasteiger partial charge on any atom is -0.462 e. The van der Waals surface area contributed by atoms with Crippen LogP contribution in [0.2, 0.25) is 0 Å². The van der Waals surface area contributed by atoms with Crippen LogP contribution in [-0.2, 0) is 14.3 Å². The fourth-order valence-corrected chi connectivity index (χ4v) is 1.60. The first-order chi connectivity index (χ1) is 11.8. The quantitative estimate of drug-likeness (QED) is 0.135. The molecule has 0 atom stereocenters. The van der Waals surface area contributed by atoms with Crippen LogP contribution in [0.25, 0.3) is 0 Å². The predicted molar refractivity (Wildman–Crippen MR) is 84.2 cm³/mol. The second-order valence-corrected chi connectivity index (χ2v) is 4.60. The standard InChI is InChI=1S/C15H15F2N3O5/c1-3-25-15(22)12(13(21)14(16)17)9-19(2)18-8-10-4-6-11(7-5-10)20(23)24/h4-9,14H,3H2,1-2H3/b12-9-,18-8+. The molecule has 0 spiro atoms. The molecule has 1 aromatic carbocycles. The Hall–Kier alpha value is -3.17. The van der Waals surface area contributed by atoms with E-state index in [1.807, 2.05) is 0 Å². The van der Waals surface area contributed by atoms with Gasteiger partial charge in [-0.05, 0) is 24.6 Å². The lowest BCUT2D eigenvalue weighted by atomic mass is 10.2. The van der Waals surface area contributed by atoms with E-state index in [0.29, 0.717) is 5.56 Å². The number of nitro benzene ring substituents is 1. The number of esters is 1. The molecule has 0 fully saturated rings. The van der Waals surface area contributed by atoms with Gasteiger partial charge >= 0.3 is 12.4 Å². The number of rotatable bonds is 8. The van der Waals surface area contributed by atoms with Crippen LogP contribution in [0.5, 0.6) is 0 Å². The molecule has 1 rings (SSSR count). The number of nitro groups is 1. The number of hydrogen-bond donors (Lipinski definition) is 0. The SMILES string of the molecule is CCOC(=O)/C(=C\N(C)/N=C/c1ccc([N+](=O)[O-])cc1)C(=O)C(F)F. The van der Waals surface area contributed by atoms with Crippen LogP contribution >= 0.6 is 0 Å². The van der Waals surface area contributed by atoms with Crippen LogP contribution in [0.15, 0.2) is 41.1 Å². The third-order valence-corrected chi connectivity index (χ3v) is 2.77. The van der Waals surface area contributed by atoms with Gasteiger partial charge in [-0.1, -0.05) is 0 Å². The maximum absolute atomic E-state index is 12.6. The average Bonchev–Trinajstić information content (AvgIpc) is 2.57. The molecule has 0 aliphatic heterocycles. The van der Waals surface area contributed by atoms with Crippen molar-refractivity contribution in [3.63, 3.8) is 0 Å². The smallest absolute Gasteiger partial charge is 0.343 e. The van der Waals surface area contributed by atoms with Crippen LogP contribution in [-0.4, -0.2) is 48.0 Å². The maximum Gasteiger partial charge on any atom is 0.343 e. The minimum atomic E-state index is -3.36. The van der Waals surface area contributed by atoms with Crippen molar-refractivity contribution in [2.75, 3.05) is 13.7 Å². The number of alkyl halides is 2. The van der Waals surface area contributed by atoms with Crippen LogP contribution in [0, 0.1) is 10.1 Å². The summed E-state index contributed by atoms with van der Waals surface area (Å²) in [5, 5.41) is 15.4. The molecule has 0 amide bonds. The normalized spacial score (nSPS) is 11.6. The first-order valence-electron chi connectivity index (χ1n) is 6.98. The molecular weight excluding hydrogens is 340 g/mol. The summed E-state index contributed by atoms with van der Waals surface area (Å²) in [7, 11) is 1.32. The van der Waals surface area contributed by atoms with E-state index < -0.39 is 28.7 Å². The van der Waals surface area contributed by atoms with Gasteiger partial charge < -0.3 is 4.74 Å². The molecule has 0 heterocycles. The van der Waals surface area contributed by atoms with Gasteiger partial charge in [-0.2, -0.15) is 5.10 Å². The highest BCUT2D eigenvalue weighted by molar-refractivity contribution is 6.18. The summed E-state index contributed by atoms with van der Waals surface area (Å²) in [6.07, 6.45) is -1.26. The molecule has 0 saturated carbocycles. The van der Waals surface area contributed by atoms with Gasteiger partial charge in [0.05, 0.1) is 17.7 Å². The summed E-state index contributed by atoms with van der Waals surface area (Å²) in [5.74, 6) is -2.85. The number of hydrogen-bond acceptors (Lipinski definition) is 7. The monoisotopic (exact) mass is 355 g/mol. The number of carbonyl (C=O) groups is 2. The molecule has 0 aliphatic rings. The average molecular weight is 355 g/mol. The summed E-state index contributed by atoms with van der Waals surface area (Å²) in [6, 6.07) is 5.38. The molecule has 0 aromatic heterocycles. The van der Waals surface area contributed by atoms with Crippen molar-refractivity contribution in [1.82, 2.24) is 5.01 Å². The van der Waals surface area contributed by atoms with Crippen molar-refractivity contribution in [2.24, 2.45) is 5.10 Å². The number of carbonyl (C=O) groups excluding carboxylic acids is 2. The van der Waals surface area contributed by atoms with Crippen LogP contribution < -0.4 is 0 Å². The second kappa shape index (κ2) is 9.21. The van der Waals surface area contributed by atoms with E-state index in [1.165, 1.54) is 44.5 Å². The first kappa shape index (κ1) is 19.9. The van der Waals surface area contributed by atoms with E-state index in [-0.39, 0.29) is 12.3 Å². The summed E-state index contributed by atoms with van der Waals surface area (Å²) in [5.41, 5.74) is -0.443. The molecule has 0 saturated heterocycles. The first-order valence-corrected chi connectivity index (χ1v) is 6.98. The topological polar surface area (TPSA) is 102 Å². The molecule has 25 heavy (non-hydrogen) atoms. The third kappa shape index (κ3) is 6.09. The number of halogens is 2. The van der Waals surface area contributed by atoms with Gasteiger partial charge in [0.15, 0.2) is 0 Å². The van der Waals surface area contributed by atoms with Crippen molar-refractivity contribution in [1.29, 1.82) is 0 Å². The number of nitrogens with zero attached hydrogens (tertiary/aromatic N) is 3. The number of Topliss-reactive ketones (excluding diaryl/α,β-unsaturated/α-hetero) is 1. The van der Waals surface area contributed by atoms with Gasteiger partial charge in [0.1, 0.15) is 5.57 Å². The zero-order chi connectivity index (χ0) is 19.0. The van der Waals surface area contributed by atoms with Gasteiger partial charge in [-0.3, -0.25) is 19.9 Å². The zero-order valence-electron chi connectivity index (χ0n) is 13.4. The number of hydrazone groups is 1. The molecule has 0 unspecified atom stereocenters. The Morgan fingerprint density at radius 3 is 2.44 bits per heavy atom. The molecule has 0 aliphatic carbocycles. The number of benzene rings is 1. The van der Waals surface area contributed by atoms with Crippen LogP contribution in [0.4, 0.5) is 14.5 Å². The lowest BCUT2D eigenvalue weighted by molar-refractivity contribution is -0.384. The van der Waals surface area contributed by atoms with Crippen molar-refractivity contribution in [3.05, 3.63) is 51.7 Å². The number of non-ortho nitro benzene ring substituents is 1. The van der Waals surface area contributed by atoms with Crippen LogP contribution in [0.1, 0.15) is 12.5 Å². The maximum atomic E-state index is 12.6. The molecule has 1 aromatic rings. The van der Waals surface area contributed by atoms with Gasteiger partial charge in [-0.15, -0.1) is 0 Å². The molecule has 134 valence electrons. The van der Waals surface area contributed by atoms with E-state index in [1.54, 1.807) is 0 Å². The van der Waals surface area contributed by atoms with Crippen molar-refractivity contribution in [3.8, 4) is 0 Å². The van der Waals surface area contributed by atoms with E-state index in [9.17, 15) is 28.5 Å². The van der Waals surface area contributed by atoms with Gasteiger partial charge in [0, 0.05) is 25.4 Å². The van der Waals surface area contributed by atoms with Gasteiger partial charge in [-0.25, -0.2) is 13.6 Å². The van der Waals surface area contributed by atoms with Crippen molar-refractivity contribution >= 4 is 23.7 Å². The highest BCUT2D eigenvalue weighted by atomic mass is 19.3. The van der Waals surface area contributed by atoms with Crippen LogP contribution in [0.3, 0.4) is 0 Å². The van der Waals surface area contributed by atoms with E-state index >= 15 is 0 Å². The fraction of sp³-hybridized carbons (Fsp3) is 0.267. The third-order valence-electron chi connectivity index (χ3n) is 2.77. The highest BCUT2D eigenvalue weighted by Crippen LogP contribution is 2.12. The Morgan fingerprint density at radius 2 is 1.96 bits per heavy atom. The molecule has 0 bridgehead atoms. The molecular formula is C15H15F2N3O5. The Balaban J connectivity index is 2.95. The minimum absolute atomic E-state index is 0.0809. The zero-order valence-corrected chi connectivity index (χ0v) is 13.4. The summed E-state index contributed by atoms with van der Waals surface area (Å²) in [4.78, 5) is 33.0. The highest BCUT2D eigenvalue weighted by Gasteiger charge is 2.27. The van der Waals surface area contributed by atoms with Crippen molar-refractivity contribution in [2.45, 2.75) is 13.3 Å². The van der Waals surface area contributed by atoms with Crippen molar-refractivity contribution < 1.29 is 28.0 Å². The van der Waals surface area contributed by atoms with E-state index in [0.717, 1.165) is 11.2 Å². The summed E-state index contributed by atoms with van der Waals surface area (Å²) >= 11 is 0. The Kier molecular flexibility index (Phi) is 7.32. The van der Waals surface area contributed by atoms with Gasteiger partial charge in [0.25, 0.3) is 5.69 Å². The lowest BCUT2D eigenvalue weighted by Gasteiger charge is -2.10. The van der Waals surface area contributed by atoms with E-state index in [2.05, 4.69) is 9.84 Å². The summed E-state index contributed by atoms with van der Waals surface area (Å²) in [6.45, 7) is 1.39. The summed E-state index contributed by atoms with van der Waals surface area (Å²) < 4.78 is 29.7. The Labute approximate surface area is 141 Å². The molecule has 0 radical (unpaired) electrons. The largest absolute Gasteiger partial charge is 0.462 e. The van der Waals surface area contributed by atoms with E-state index in [4.69, 9.17) is 0 Å². The second-order valence-electron chi connectivity index (χ2n) is 4.60. The predicted octanol–water partition coefficient (Wildman–Crippen LogP) is 2.14. The molecule has 0 N–H and O–H groups in total. The fourth-order valence-electron chi connectivity index (χ4n) is 1.60.